The van der Waals surface area contributed by atoms with E-state index in [0.29, 0.717) is 31.8 Å². The number of hydrogen-bond donors (Lipinski definition) is 1. The Balaban J connectivity index is 1.67. The van der Waals surface area contributed by atoms with Crippen LogP contribution in [0.5, 0.6) is 0 Å². The van der Waals surface area contributed by atoms with Gasteiger partial charge in [-0.3, -0.25) is 9.59 Å². The van der Waals surface area contributed by atoms with E-state index in [0.717, 1.165) is 38.5 Å². The number of fused-ring (bicyclic) bond motifs is 1. The lowest BCUT2D eigenvalue weighted by Crippen LogP contribution is -2.35. The van der Waals surface area contributed by atoms with Gasteiger partial charge in [0.2, 0.25) is 15.5 Å². The van der Waals surface area contributed by atoms with Crippen LogP contribution in [-0.2, 0) is 21.8 Å². The predicted molar refractivity (Wildman–Crippen MR) is 118 cm³/mol. The highest BCUT2D eigenvalue weighted by atomic mass is 32.2. The first kappa shape index (κ1) is 22.0. The maximum absolute atomic E-state index is 13.2. The van der Waals surface area contributed by atoms with Crippen molar-refractivity contribution in [3.05, 3.63) is 40.2 Å². The zero-order valence-corrected chi connectivity index (χ0v) is 18.6. The summed E-state index contributed by atoms with van der Waals surface area (Å²) in [7, 11) is -1.96. The van der Waals surface area contributed by atoms with E-state index in [9.17, 15) is 18.0 Å². The van der Waals surface area contributed by atoms with Crippen LogP contribution in [-0.4, -0.2) is 55.5 Å². The first-order chi connectivity index (χ1) is 14.9. The van der Waals surface area contributed by atoms with E-state index in [-0.39, 0.29) is 21.9 Å². The molecule has 9 heteroatoms. The van der Waals surface area contributed by atoms with Gasteiger partial charge in [0.1, 0.15) is 5.56 Å². The second kappa shape index (κ2) is 9.10. The molecule has 2 aromatic rings. The average molecular weight is 448 g/mol. The molecule has 2 aliphatic rings. The molecule has 31 heavy (non-hydrogen) atoms. The van der Waals surface area contributed by atoms with E-state index in [1.54, 1.807) is 23.7 Å². The number of rotatable bonds is 5. The van der Waals surface area contributed by atoms with Crippen molar-refractivity contribution < 1.29 is 17.9 Å². The molecule has 1 amide bonds. The molecule has 0 radical (unpaired) electrons. The lowest BCUT2D eigenvalue weighted by atomic mass is 10.1. The van der Waals surface area contributed by atoms with Crippen molar-refractivity contribution >= 4 is 26.8 Å². The van der Waals surface area contributed by atoms with Gasteiger partial charge in [0.05, 0.1) is 16.5 Å². The van der Waals surface area contributed by atoms with Gasteiger partial charge >= 0.3 is 0 Å². The monoisotopic (exact) mass is 447 g/mol. The molecule has 0 aliphatic carbocycles. The van der Waals surface area contributed by atoms with Gasteiger partial charge in [-0.25, -0.2) is 8.42 Å². The molecule has 3 heterocycles. The lowest BCUT2D eigenvalue weighted by molar-refractivity contribution is 0.0856. The molecular formula is C22H29N3O5S. The molecule has 0 bridgehead atoms. The Morgan fingerprint density at radius 2 is 1.90 bits per heavy atom. The van der Waals surface area contributed by atoms with Crippen LogP contribution in [0.3, 0.4) is 0 Å². The first-order valence-corrected chi connectivity index (χ1v) is 12.4. The minimum absolute atomic E-state index is 0.00248. The summed E-state index contributed by atoms with van der Waals surface area (Å²) < 4.78 is 35.0. The number of carbonyl (C=O) groups excluding carboxylic acids is 1. The number of aromatic nitrogens is 1. The highest BCUT2D eigenvalue weighted by Crippen LogP contribution is 2.23. The van der Waals surface area contributed by atoms with Crippen LogP contribution in [0.15, 0.2) is 34.1 Å². The maximum atomic E-state index is 13.2. The second-order valence-corrected chi connectivity index (χ2v) is 10.3. The van der Waals surface area contributed by atoms with E-state index in [1.165, 1.54) is 16.6 Å². The number of carbonyl (C=O) groups is 1. The van der Waals surface area contributed by atoms with Gasteiger partial charge in [0.25, 0.3) is 5.91 Å². The number of aryl methyl sites for hydroxylation is 1. The fraction of sp³-hybridized carbons (Fsp3) is 0.545. The van der Waals surface area contributed by atoms with Crippen molar-refractivity contribution in [2.24, 2.45) is 7.05 Å². The van der Waals surface area contributed by atoms with Crippen molar-refractivity contribution in [2.45, 2.75) is 49.5 Å². The van der Waals surface area contributed by atoms with Crippen LogP contribution < -0.4 is 10.7 Å². The zero-order valence-electron chi connectivity index (χ0n) is 17.8. The molecule has 0 spiro atoms. The summed E-state index contributed by atoms with van der Waals surface area (Å²) in [5, 5.41) is 3.00. The average Bonchev–Trinajstić information content (AvgIpc) is 3.13. The smallest absolute Gasteiger partial charge is 0.256 e. The largest absolute Gasteiger partial charge is 0.376 e. The molecule has 0 saturated carbocycles. The van der Waals surface area contributed by atoms with Crippen molar-refractivity contribution in [2.75, 3.05) is 26.2 Å². The van der Waals surface area contributed by atoms with Crippen LogP contribution in [0.25, 0.3) is 10.9 Å². The van der Waals surface area contributed by atoms with E-state index < -0.39 is 21.4 Å². The molecule has 168 valence electrons. The second-order valence-electron chi connectivity index (χ2n) is 8.33. The molecule has 1 atom stereocenters. The standard InChI is InChI=1S/C22H29N3O5S/c1-24-15-19(22(27)23-14-16-7-6-12-30-16)21(26)18-13-17(8-9-20(18)24)31(28,29)25-10-4-2-3-5-11-25/h8-9,13,15-16H,2-7,10-12,14H2,1H3,(H,23,27). The summed E-state index contributed by atoms with van der Waals surface area (Å²) in [5.74, 6) is -0.473. The number of sulfonamides is 1. The summed E-state index contributed by atoms with van der Waals surface area (Å²) in [5.41, 5.74) is 0.110. The normalized spacial score (nSPS) is 20.6. The number of benzene rings is 1. The molecule has 1 aromatic heterocycles. The summed E-state index contributed by atoms with van der Waals surface area (Å²) >= 11 is 0. The molecule has 2 saturated heterocycles. The number of hydrogen-bond acceptors (Lipinski definition) is 5. The van der Waals surface area contributed by atoms with Crippen molar-refractivity contribution in [3.63, 3.8) is 0 Å². The van der Waals surface area contributed by atoms with Gasteiger partial charge < -0.3 is 14.6 Å². The molecule has 1 aromatic carbocycles. The van der Waals surface area contributed by atoms with Crippen molar-refractivity contribution in [3.8, 4) is 0 Å². The Kier molecular flexibility index (Phi) is 6.45. The van der Waals surface area contributed by atoms with E-state index in [1.807, 2.05) is 0 Å². The summed E-state index contributed by atoms with van der Waals surface area (Å²) in [6.07, 6.45) is 7.04. The number of nitrogens with one attached hydrogen (secondary N) is 1. The van der Waals surface area contributed by atoms with Gasteiger partial charge in [0, 0.05) is 44.9 Å². The Morgan fingerprint density at radius 3 is 2.58 bits per heavy atom. The number of ether oxygens (including phenoxy) is 1. The quantitative estimate of drug-likeness (QED) is 0.756. The van der Waals surface area contributed by atoms with E-state index >= 15 is 0 Å². The molecule has 4 rings (SSSR count). The lowest BCUT2D eigenvalue weighted by Gasteiger charge is -2.20. The molecule has 2 fully saturated rings. The van der Waals surface area contributed by atoms with Crippen LogP contribution in [0, 0.1) is 0 Å². The minimum Gasteiger partial charge on any atom is -0.376 e. The number of pyridine rings is 1. The third-order valence-corrected chi connectivity index (χ3v) is 8.02. The third-order valence-electron chi connectivity index (χ3n) is 6.12. The van der Waals surface area contributed by atoms with Gasteiger partial charge in [-0.15, -0.1) is 0 Å². The third kappa shape index (κ3) is 4.53. The van der Waals surface area contributed by atoms with Crippen LogP contribution in [0.1, 0.15) is 48.9 Å². The van der Waals surface area contributed by atoms with Crippen LogP contribution in [0.4, 0.5) is 0 Å². The Morgan fingerprint density at radius 1 is 1.16 bits per heavy atom. The molecule has 1 N–H and O–H groups in total. The number of nitrogens with zero attached hydrogens (tertiary/aromatic N) is 2. The highest BCUT2D eigenvalue weighted by Gasteiger charge is 2.26. The summed E-state index contributed by atoms with van der Waals surface area (Å²) in [4.78, 5) is 25.9. The molecule has 2 aliphatic heterocycles. The Bertz CT molecular complexity index is 1130. The molecular weight excluding hydrogens is 418 g/mol. The summed E-state index contributed by atoms with van der Waals surface area (Å²) in [6, 6.07) is 4.59. The van der Waals surface area contributed by atoms with Crippen molar-refractivity contribution in [1.29, 1.82) is 0 Å². The molecule has 1 unspecified atom stereocenters. The van der Waals surface area contributed by atoms with E-state index in [2.05, 4.69) is 5.32 Å². The number of amides is 1. The van der Waals surface area contributed by atoms with Crippen molar-refractivity contribution in [1.82, 2.24) is 14.2 Å². The van der Waals surface area contributed by atoms with Gasteiger partial charge in [0.15, 0.2) is 0 Å². The SMILES string of the molecule is Cn1cc(C(=O)NCC2CCCO2)c(=O)c2cc(S(=O)(=O)N3CCCCCC3)ccc21. The maximum Gasteiger partial charge on any atom is 0.256 e. The topological polar surface area (TPSA) is 97.7 Å². The predicted octanol–water partition coefficient (Wildman–Crippen LogP) is 2.01. The molecule has 8 nitrogen and oxygen atoms in total. The first-order valence-electron chi connectivity index (χ1n) is 10.9. The Hall–Kier alpha value is -2.23. The van der Waals surface area contributed by atoms with Gasteiger partial charge in [-0.2, -0.15) is 4.31 Å². The van der Waals surface area contributed by atoms with Crippen LogP contribution in [0.2, 0.25) is 0 Å². The van der Waals surface area contributed by atoms with Gasteiger partial charge in [-0.05, 0) is 43.9 Å². The minimum atomic E-state index is -3.69. The zero-order chi connectivity index (χ0) is 22.0. The Labute approximate surface area is 182 Å². The highest BCUT2D eigenvalue weighted by molar-refractivity contribution is 7.89. The van der Waals surface area contributed by atoms with Crippen LogP contribution >= 0.6 is 0 Å². The van der Waals surface area contributed by atoms with Gasteiger partial charge in [-0.1, -0.05) is 12.8 Å². The fourth-order valence-corrected chi connectivity index (χ4v) is 5.88. The summed E-state index contributed by atoms with van der Waals surface area (Å²) in [6.45, 7) is 2.02. The van der Waals surface area contributed by atoms with E-state index in [4.69, 9.17) is 4.74 Å². The fourth-order valence-electron chi connectivity index (χ4n) is 4.33.